The number of carbonyl (C=O) groups is 1. The largest absolute Gasteiger partial charge is 0.490 e. The Hall–Kier alpha value is -1.97. The number of aliphatic imine (C=N–C) groups is 1. The molecule has 1 unspecified atom stereocenters. The van der Waals surface area contributed by atoms with Crippen molar-refractivity contribution in [3.8, 4) is 5.75 Å². The first-order chi connectivity index (χ1) is 14.4. The molecule has 2 aromatic rings. The number of hydrogen-bond acceptors (Lipinski definition) is 4. The van der Waals surface area contributed by atoms with Crippen molar-refractivity contribution in [1.29, 1.82) is 0 Å². The fourth-order valence-corrected chi connectivity index (χ4v) is 4.25. The fourth-order valence-electron chi connectivity index (χ4n) is 4.25. The van der Waals surface area contributed by atoms with Crippen molar-refractivity contribution < 1.29 is 13.9 Å². The van der Waals surface area contributed by atoms with Gasteiger partial charge >= 0.3 is 0 Å². The summed E-state index contributed by atoms with van der Waals surface area (Å²) in [7, 11) is 5.40. The molecule has 0 bridgehead atoms. The third kappa shape index (κ3) is 5.64. The Morgan fingerprint density at radius 1 is 1.32 bits per heavy atom. The first-order valence-electron chi connectivity index (χ1n) is 10.7. The predicted molar refractivity (Wildman–Crippen MR) is 135 cm³/mol. The molecular weight excluding hydrogens is 507 g/mol. The van der Waals surface area contributed by atoms with E-state index in [1.165, 1.54) is 0 Å². The first kappa shape index (κ1) is 25.3. The lowest BCUT2D eigenvalue weighted by Gasteiger charge is -2.31. The van der Waals surface area contributed by atoms with Crippen LogP contribution in [0.25, 0.3) is 11.0 Å². The molecule has 0 radical (unpaired) electrons. The molecule has 0 saturated heterocycles. The summed E-state index contributed by atoms with van der Waals surface area (Å²) in [6, 6.07) is 7.83. The number of furan rings is 1. The summed E-state index contributed by atoms with van der Waals surface area (Å²) in [6.07, 6.45) is 4.00. The van der Waals surface area contributed by atoms with Crippen LogP contribution in [-0.2, 0) is 4.79 Å². The van der Waals surface area contributed by atoms with Gasteiger partial charge in [0.2, 0.25) is 5.91 Å². The molecule has 1 amide bonds. The van der Waals surface area contributed by atoms with E-state index in [-0.39, 0.29) is 41.3 Å². The van der Waals surface area contributed by atoms with E-state index >= 15 is 0 Å². The minimum atomic E-state index is -0.351. The van der Waals surface area contributed by atoms with E-state index in [1.54, 1.807) is 11.9 Å². The molecule has 172 valence electrons. The van der Waals surface area contributed by atoms with Crippen molar-refractivity contribution in [3.05, 3.63) is 30.0 Å². The zero-order chi connectivity index (χ0) is 21.7. The van der Waals surface area contributed by atoms with E-state index in [9.17, 15) is 4.79 Å². The summed E-state index contributed by atoms with van der Waals surface area (Å²) in [5, 5.41) is 7.77. The van der Waals surface area contributed by atoms with Gasteiger partial charge in [-0.2, -0.15) is 0 Å². The second-order valence-electron chi connectivity index (χ2n) is 8.24. The van der Waals surface area contributed by atoms with Gasteiger partial charge < -0.3 is 24.7 Å². The summed E-state index contributed by atoms with van der Waals surface area (Å²) >= 11 is 0. The van der Waals surface area contributed by atoms with Gasteiger partial charge in [-0.3, -0.25) is 9.79 Å². The Kier molecular flexibility index (Phi) is 9.02. The number of benzene rings is 1. The lowest BCUT2D eigenvalue weighted by molar-refractivity contribution is -0.138. The second-order valence-corrected chi connectivity index (χ2v) is 8.24. The van der Waals surface area contributed by atoms with Gasteiger partial charge in [0.15, 0.2) is 17.3 Å². The highest BCUT2D eigenvalue weighted by molar-refractivity contribution is 14.0. The van der Waals surface area contributed by atoms with Gasteiger partial charge in [0.05, 0.1) is 18.1 Å². The third-order valence-electron chi connectivity index (χ3n) is 5.85. The predicted octanol–water partition coefficient (Wildman–Crippen LogP) is 4.32. The maximum atomic E-state index is 12.8. The van der Waals surface area contributed by atoms with Gasteiger partial charge in [0.25, 0.3) is 0 Å². The van der Waals surface area contributed by atoms with Gasteiger partial charge in [0, 0.05) is 33.1 Å². The summed E-state index contributed by atoms with van der Waals surface area (Å²) in [5.41, 5.74) is 0.406. The zero-order valence-electron chi connectivity index (χ0n) is 19.2. The third-order valence-corrected chi connectivity index (χ3v) is 5.85. The molecule has 1 aromatic carbocycles. The first-order valence-corrected chi connectivity index (χ1v) is 10.7. The zero-order valence-corrected chi connectivity index (χ0v) is 21.5. The van der Waals surface area contributed by atoms with Crippen molar-refractivity contribution in [1.82, 2.24) is 15.5 Å². The maximum Gasteiger partial charge on any atom is 0.230 e. The topological polar surface area (TPSA) is 79.1 Å². The van der Waals surface area contributed by atoms with Gasteiger partial charge in [-0.15, -0.1) is 24.0 Å². The Morgan fingerprint density at radius 3 is 2.65 bits per heavy atom. The van der Waals surface area contributed by atoms with Crippen molar-refractivity contribution in [2.75, 3.05) is 34.3 Å². The monoisotopic (exact) mass is 542 g/mol. The number of hydrogen-bond donors (Lipinski definition) is 2. The number of rotatable bonds is 7. The number of halogens is 1. The van der Waals surface area contributed by atoms with Crippen LogP contribution in [0.3, 0.4) is 0 Å². The van der Waals surface area contributed by atoms with E-state index in [4.69, 9.17) is 9.15 Å². The summed E-state index contributed by atoms with van der Waals surface area (Å²) < 4.78 is 11.8. The van der Waals surface area contributed by atoms with E-state index in [0.29, 0.717) is 19.1 Å². The van der Waals surface area contributed by atoms with E-state index < -0.39 is 0 Å². The summed E-state index contributed by atoms with van der Waals surface area (Å²) in [4.78, 5) is 18.9. The van der Waals surface area contributed by atoms with Crippen LogP contribution < -0.4 is 15.4 Å². The summed E-state index contributed by atoms with van der Waals surface area (Å²) in [6.45, 7) is 5.15. The highest BCUT2D eigenvalue weighted by Gasteiger charge is 2.42. The number of ether oxygens (including phenoxy) is 1. The Labute approximate surface area is 202 Å². The molecule has 1 aliphatic rings. The number of carbonyl (C=O) groups excluding carboxylic acids is 1. The summed E-state index contributed by atoms with van der Waals surface area (Å²) in [5.74, 6) is 2.41. The molecular formula is C23H35IN4O3. The van der Waals surface area contributed by atoms with Gasteiger partial charge in [-0.05, 0) is 38.8 Å². The quantitative estimate of drug-likeness (QED) is 0.310. The van der Waals surface area contributed by atoms with Crippen molar-refractivity contribution in [3.63, 3.8) is 0 Å². The number of fused-ring (bicyclic) bond motifs is 1. The highest BCUT2D eigenvalue weighted by atomic mass is 127. The van der Waals surface area contributed by atoms with Crippen LogP contribution in [0, 0.1) is 5.41 Å². The molecule has 31 heavy (non-hydrogen) atoms. The number of nitrogens with one attached hydrogen (secondary N) is 2. The molecule has 7 nitrogen and oxygen atoms in total. The van der Waals surface area contributed by atoms with Crippen LogP contribution in [0.2, 0.25) is 0 Å². The Morgan fingerprint density at radius 2 is 2.03 bits per heavy atom. The molecule has 1 atom stereocenters. The lowest BCUT2D eigenvalue weighted by atomic mass is 9.84. The van der Waals surface area contributed by atoms with Crippen LogP contribution in [0.1, 0.15) is 51.3 Å². The molecule has 0 spiro atoms. The number of nitrogens with zero attached hydrogens (tertiary/aromatic N) is 2. The molecule has 1 saturated carbocycles. The molecule has 1 aromatic heterocycles. The van der Waals surface area contributed by atoms with Crippen LogP contribution >= 0.6 is 24.0 Å². The fraction of sp³-hybridized carbons (Fsp3) is 0.565. The molecule has 3 rings (SSSR count). The normalized spacial score (nSPS) is 16.5. The van der Waals surface area contributed by atoms with Gasteiger partial charge in [-0.25, -0.2) is 0 Å². The highest BCUT2D eigenvalue weighted by Crippen LogP contribution is 2.39. The van der Waals surface area contributed by atoms with Crippen LogP contribution in [0.5, 0.6) is 5.75 Å². The van der Waals surface area contributed by atoms with Crippen molar-refractivity contribution >= 4 is 46.8 Å². The molecule has 0 aliphatic heterocycles. The van der Waals surface area contributed by atoms with E-state index in [0.717, 1.165) is 48.2 Å². The average Bonchev–Trinajstić information content (AvgIpc) is 3.39. The maximum absolute atomic E-state index is 12.8. The number of para-hydroxylation sites is 1. The smallest absolute Gasteiger partial charge is 0.230 e. The Bertz CT molecular complexity index is 903. The van der Waals surface area contributed by atoms with Gasteiger partial charge in [0.1, 0.15) is 5.76 Å². The minimum absolute atomic E-state index is 0. The number of amides is 1. The van der Waals surface area contributed by atoms with E-state index in [2.05, 4.69) is 15.6 Å². The minimum Gasteiger partial charge on any atom is -0.490 e. The molecule has 8 heteroatoms. The van der Waals surface area contributed by atoms with Crippen LogP contribution in [-0.4, -0.2) is 51.1 Å². The van der Waals surface area contributed by atoms with Crippen molar-refractivity contribution in [2.24, 2.45) is 10.4 Å². The van der Waals surface area contributed by atoms with E-state index in [1.807, 2.05) is 52.2 Å². The van der Waals surface area contributed by atoms with Crippen LogP contribution in [0.4, 0.5) is 0 Å². The van der Waals surface area contributed by atoms with Crippen LogP contribution in [0.15, 0.2) is 33.7 Å². The second kappa shape index (κ2) is 11.1. The lowest BCUT2D eigenvalue weighted by Crippen LogP contribution is -2.49. The average molecular weight is 542 g/mol. The number of guanidine groups is 1. The molecule has 2 N–H and O–H groups in total. The van der Waals surface area contributed by atoms with Gasteiger partial charge in [-0.1, -0.05) is 25.0 Å². The Balaban J connectivity index is 0.00000341. The molecule has 1 aliphatic carbocycles. The molecule has 1 heterocycles. The standard InChI is InChI=1S/C23H34N4O3.HI/c1-6-29-18-11-9-10-17-14-19(30-20(17)18)16(2)26-22(24-3)25-15-23(12-7-8-13-23)21(28)27(4)5;/h9-11,14,16H,6-8,12-13,15H2,1-5H3,(H2,24,25,26);1H. The molecule has 1 fully saturated rings. The van der Waals surface area contributed by atoms with Crippen molar-refractivity contribution in [2.45, 2.75) is 45.6 Å². The SMILES string of the molecule is CCOc1cccc2cc(C(C)NC(=NC)NCC3(C(=O)N(C)C)CCCC3)oc12.I.